The highest BCUT2D eigenvalue weighted by Gasteiger charge is 2.75. The van der Waals surface area contributed by atoms with E-state index in [0.29, 0.717) is 5.78 Å². The Hall–Kier alpha value is -0.370. The number of carbonyl (C=O) groups is 1. The number of hydrogen-bond acceptors (Lipinski definition) is 2. The third kappa shape index (κ3) is 0.598. The van der Waals surface area contributed by atoms with Crippen LogP contribution in [0.25, 0.3) is 0 Å². The molecule has 0 N–H and O–H groups in total. The van der Waals surface area contributed by atoms with Crippen LogP contribution in [-0.4, -0.2) is 17.0 Å². The summed E-state index contributed by atoms with van der Waals surface area (Å²) >= 11 is 0. The summed E-state index contributed by atoms with van der Waals surface area (Å²) in [7, 11) is 0. The van der Waals surface area contributed by atoms with E-state index in [1.807, 2.05) is 0 Å². The molecule has 2 nitrogen and oxygen atoms in total. The Morgan fingerprint density at radius 1 is 1.08 bits per heavy atom. The average molecular weight is 166 g/mol. The van der Waals surface area contributed by atoms with E-state index < -0.39 is 0 Å². The van der Waals surface area contributed by atoms with Crippen LogP contribution in [-0.2, 0) is 9.53 Å². The quantitative estimate of drug-likeness (QED) is 0.514. The lowest BCUT2D eigenvalue weighted by molar-refractivity contribution is -0.124. The Labute approximate surface area is 72.3 Å². The van der Waals surface area contributed by atoms with Crippen LogP contribution in [0.1, 0.15) is 44.9 Å². The Bertz CT molecular complexity index is 248. The highest BCUT2D eigenvalue weighted by atomic mass is 16.6. The van der Waals surface area contributed by atoms with Gasteiger partial charge in [-0.1, -0.05) is 6.42 Å². The number of ether oxygens (including phenoxy) is 1. The van der Waals surface area contributed by atoms with Gasteiger partial charge in [0.1, 0.15) is 5.60 Å². The monoisotopic (exact) mass is 166 g/mol. The molecule has 0 bridgehead atoms. The summed E-state index contributed by atoms with van der Waals surface area (Å²) in [6.45, 7) is 0. The van der Waals surface area contributed by atoms with Gasteiger partial charge < -0.3 is 4.74 Å². The van der Waals surface area contributed by atoms with E-state index in [1.54, 1.807) is 0 Å². The third-order valence-corrected chi connectivity index (χ3v) is 3.86. The fourth-order valence-electron chi connectivity index (χ4n) is 3.19. The molecule has 0 spiro atoms. The lowest BCUT2D eigenvalue weighted by atomic mass is 9.91. The topological polar surface area (TPSA) is 29.6 Å². The Morgan fingerprint density at radius 2 is 1.92 bits per heavy atom. The first-order chi connectivity index (χ1) is 5.79. The first kappa shape index (κ1) is 7.07. The van der Waals surface area contributed by atoms with Gasteiger partial charge in [0.2, 0.25) is 0 Å². The highest BCUT2D eigenvalue weighted by Crippen LogP contribution is 2.64. The molecule has 3 rings (SSSR count). The fraction of sp³-hybridized carbons (Fsp3) is 0.900. The standard InChI is InChI=1S/C10H14O2/c11-8-4-1-2-5-9-6-3-7-10(8,9)12-9/h1-7H2. The molecule has 3 fully saturated rings. The second-order valence-electron chi connectivity index (χ2n) is 4.41. The lowest BCUT2D eigenvalue weighted by Gasteiger charge is -2.04. The summed E-state index contributed by atoms with van der Waals surface area (Å²) in [5, 5.41) is 0. The van der Waals surface area contributed by atoms with Crippen molar-refractivity contribution in [3.8, 4) is 0 Å². The maximum absolute atomic E-state index is 11.7. The summed E-state index contributed by atoms with van der Waals surface area (Å²) in [4.78, 5) is 11.7. The van der Waals surface area contributed by atoms with Crippen LogP contribution in [0.4, 0.5) is 0 Å². The number of hydrogen-bond donors (Lipinski definition) is 0. The van der Waals surface area contributed by atoms with Gasteiger partial charge in [-0.25, -0.2) is 0 Å². The number of rotatable bonds is 0. The van der Waals surface area contributed by atoms with Gasteiger partial charge >= 0.3 is 0 Å². The molecule has 2 atom stereocenters. The van der Waals surface area contributed by atoms with Crippen LogP contribution in [0.5, 0.6) is 0 Å². The first-order valence-electron chi connectivity index (χ1n) is 5.03. The molecule has 0 aromatic rings. The van der Waals surface area contributed by atoms with Gasteiger partial charge in [-0.15, -0.1) is 0 Å². The van der Waals surface area contributed by atoms with Gasteiger partial charge in [0.25, 0.3) is 0 Å². The zero-order valence-electron chi connectivity index (χ0n) is 7.27. The number of Topliss-reactive ketones (excluding diaryl/α,β-unsaturated/α-hetero) is 1. The van der Waals surface area contributed by atoms with Crippen molar-refractivity contribution in [1.29, 1.82) is 0 Å². The summed E-state index contributed by atoms with van der Waals surface area (Å²) in [6, 6.07) is 0. The normalized spacial score (nSPS) is 51.2. The van der Waals surface area contributed by atoms with Gasteiger partial charge in [-0.3, -0.25) is 4.79 Å². The number of ketones is 1. The van der Waals surface area contributed by atoms with Crippen LogP contribution in [0, 0.1) is 0 Å². The molecule has 1 saturated heterocycles. The maximum Gasteiger partial charge on any atom is 0.167 e. The van der Waals surface area contributed by atoms with E-state index >= 15 is 0 Å². The van der Waals surface area contributed by atoms with Crippen LogP contribution >= 0.6 is 0 Å². The SMILES string of the molecule is O=C1CCCCC23CCCC12O3. The largest absolute Gasteiger partial charge is 0.354 e. The van der Waals surface area contributed by atoms with E-state index in [0.717, 1.165) is 32.1 Å². The van der Waals surface area contributed by atoms with Crippen LogP contribution in [0.15, 0.2) is 0 Å². The molecule has 66 valence electrons. The first-order valence-corrected chi connectivity index (χ1v) is 5.03. The third-order valence-electron chi connectivity index (χ3n) is 3.86. The van der Waals surface area contributed by atoms with Gasteiger partial charge in [-0.05, 0) is 32.1 Å². The van der Waals surface area contributed by atoms with Gasteiger partial charge in [0.05, 0.1) is 0 Å². The molecule has 0 radical (unpaired) electrons. The molecule has 1 aliphatic heterocycles. The molecule has 2 heteroatoms. The van der Waals surface area contributed by atoms with Crippen molar-refractivity contribution < 1.29 is 9.53 Å². The van der Waals surface area contributed by atoms with Crippen molar-refractivity contribution in [2.24, 2.45) is 0 Å². The van der Waals surface area contributed by atoms with Crippen molar-refractivity contribution >= 4 is 5.78 Å². The van der Waals surface area contributed by atoms with E-state index in [1.165, 1.54) is 12.8 Å². The van der Waals surface area contributed by atoms with E-state index in [-0.39, 0.29) is 11.2 Å². The molecule has 2 aliphatic carbocycles. The van der Waals surface area contributed by atoms with Crippen molar-refractivity contribution in [3.05, 3.63) is 0 Å². The zero-order valence-corrected chi connectivity index (χ0v) is 7.27. The minimum absolute atomic E-state index is 0.0422. The molecule has 3 aliphatic rings. The molecular formula is C10H14O2. The predicted molar refractivity (Wildman–Crippen MR) is 43.9 cm³/mol. The summed E-state index contributed by atoms with van der Waals surface area (Å²) in [5.41, 5.74) is -0.218. The van der Waals surface area contributed by atoms with E-state index in [9.17, 15) is 4.79 Å². The molecule has 2 unspecified atom stereocenters. The highest BCUT2D eigenvalue weighted by molar-refractivity contribution is 5.92. The van der Waals surface area contributed by atoms with E-state index in [2.05, 4.69) is 0 Å². The second-order valence-corrected chi connectivity index (χ2v) is 4.41. The Morgan fingerprint density at radius 3 is 2.83 bits per heavy atom. The van der Waals surface area contributed by atoms with Gasteiger partial charge in [0.15, 0.2) is 11.4 Å². The minimum Gasteiger partial charge on any atom is -0.354 e. The average Bonchev–Trinajstić information content (AvgIpc) is 2.60. The lowest BCUT2D eigenvalue weighted by Crippen LogP contribution is -2.27. The van der Waals surface area contributed by atoms with Gasteiger partial charge in [0, 0.05) is 6.42 Å². The van der Waals surface area contributed by atoms with Crippen molar-refractivity contribution in [1.82, 2.24) is 0 Å². The summed E-state index contributed by atoms with van der Waals surface area (Å²) in [5.74, 6) is 0.400. The molecule has 0 aromatic carbocycles. The number of carbonyl (C=O) groups excluding carboxylic acids is 1. The minimum atomic E-state index is -0.260. The molecule has 12 heavy (non-hydrogen) atoms. The van der Waals surface area contributed by atoms with Crippen molar-refractivity contribution in [3.63, 3.8) is 0 Å². The fourth-order valence-corrected chi connectivity index (χ4v) is 3.19. The molecule has 0 aromatic heterocycles. The Balaban J connectivity index is 1.99. The van der Waals surface area contributed by atoms with Crippen molar-refractivity contribution in [2.75, 3.05) is 0 Å². The van der Waals surface area contributed by atoms with Crippen LogP contribution < -0.4 is 0 Å². The molecule has 0 amide bonds. The molecular weight excluding hydrogens is 152 g/mol. The smallest absolute Gasteiger partial charge is 0.167 e. The predicted octanol–water partition coefficient (Wildman–Crippen LogP) is 1.82. The molecule has 1 heterocycles. The maximum atomic E-state index is 11.7. The van der Waals surface area contributed by atoms with Crippen LogP contribution in [0.3, 0.4) is 0 Å². The van der Waals surface area contributed by atoms with Crippen molar-refractivity contribution in [2.45, 2.75) is 56.1 Å². The van der Waals surface area contributed by atoms with E-state index in [4.69, 9.17) is 4.74 Å². The van der Waals surface area contributed by atoms with Gasteiger partial charge in [-0.2, -0.15) is 0 Å². The zero-order chi connectivity index (χ0) is 8.23. The summed E-state index contributed by atoms with van der Waals surface area (Å²) < 4.78 is 5.73. The molecule has 2 saturated carbocycles. The second kappa shape index (κ2) is 1.92. The Kier molecular flexibility index (Phi) is 1.13. The number of epoxide rings is 1. The summed E-state index contributed by atoms with van der Waals surface area (Å²) in [6.07, 6.45) is 7.52. The van der Waals surface area contributed by atoms with Crippen LogP contribution in [0.2, 0.25) is 0 Å².